The molecule has 0 aliphatic carbocycles. The quantitative estimate of drug-likeness (QED) is 0.0202. The number of carbonyl (C=O) groups is 2. The van der Waals surface area contributed by atoms with Crippen molar-refractivity contribution in [3.63, 3.8) is 0 Å². The van der Waals surface area contributed by atoms with Crippen molar-refractivity contribution in [3.05, 3.63) is 24.3 Å². The molecule has 1 aliphatic heterocycles. The molecule has 57 heavy (non-hydrogen) atoms. The number of hydrogen-bond acceptors (Lipinski definition) is 11. The Morgan fingerprint density at radius 2 is 1.00 bits per heavy atom. The third-order valence-corrected chi connectivity index (χ3v) is 11.0. The minimum atomic E-state index is -4.60. The lowest BCUT2D eigenvalue weighted by Gasteiger charge is -2.40. The first-order chi connectivity index (χ1) is 27.5. The second-order valence-corrected chi connectivity index (χ2v) is 17.2. The average molecular weight is 833 g/mol. The fourth-order valence-corrected chi connectivity index (χ4v) is 7.42. The lowest BCUT2D eigenvalue weighted by Crippen LogP contribution is -2.60. The van der Waals surface area contributed by atoms with Crippen LogP contribution in [0, 0.1) is 0 Å². The van der Waals surface area contributed by atoms with Crippen molar-refractivity contribution in [1.29, 1.82) is 0 Å². The van der Waals surface area contributed by atoms with Crippen LogP contribution in [0.25, 0.3) is 0 Å². The summed E-state index contributed by atoms with van der Waals surface area (Å²) < 4.78 is 54.0. The minimum absolute atomic E-state index is 0.152. The summed E-state index contributed by atoms with van der Waals surface area (Å²) in [5.41, 5.74) is 0. The second-order valence-electron chi connectivity index (χ2n) is 15.7. The van der Waals surface area contributed by atoms with Crippen LogP contribution in [0.4, 0.5) is 0 Å². The first kappa shape index (κ1) is 53.1. The van der Waals surface area contributed by atoms with E-state index in [2.05, 4.69) is 38.2 Å². The summed E-state index contributed by atoms with van der Waals surface area (Å²) in [6, 6.07) is 0. The van der Waals surface area contributed by atoms with E-state index in [0.29, 0.717) is 12.8 Å². The molecule has 334 valence electrons. The van der Waals surface area contributed by atoms with Gasteiger partial charge in [0, 0.05) is 12.8 Å². The van der Waals surface area contributed by atoms with E-state index in [-0.39, 0.29) is 19.4 Å². The standard InChI is InChI=1S/C44H80O12S/c1-3-5-7-9-11-13-15-17-19-21-22-24-26-28-30-32-39(45)53-34-37(35-54-44-43(49)42(48)41(47)38(56-44)36-57(50,51)52)55-40(46)33-31-29-27-25-23-20-18-16-14-12-10-8-6-4-2/h16,18,22,24,37-38,41-44,47-49H,3-15,17,19-21,23,25-36H2,1-2H3,(H,50,51,52)/b18-16+,24-22+/t37-,38-,41-,42?,43?,44+/m1/s1. The molecule has 0 aromatic heterocycles. The predicted octanol–water partition coefficient (Wildman–Crippen LogP) is 8.84. The Balaban J connectivity index is 2.47. The predicted molar refractivity (Wildman–Crippen MR) is 224 cm³/mol. The van der Waals surface area contributed by atoms with E-state index >= 15 is 0 Å². The van der Waals surface area contributed by atoms with Crippen LogP contribution in [0.5, 0.6) is 0 Å². The Hall–Kier alpha value is -1.87. The van der Waals surface area contributed by atoms with Crippen molar-refractivity contribution < 1.29 is 56.8 Å². The fraction of sp³-hybridized carbons (Fsp3) is 0.864. The molecular weight excluding hydrogens is 753 g/mol. The molecule has 1 heterocycles. The van der Waals surface area contributed by atoms with Gasteiger partial charge in [0.15, 0.2) is 12.4 Å². The van der Waals surface area contributed by atoms with E-state index in [1.165, 1.54) is 89.9 Å². The highest BCUT2D eigenvalue weighted by atomic mass is 32.2. The third kappa shape index (κ3) is 29.9. The van der Waals surface area contributed by atoms with Gasteiger partial charge in [0.2, 0.25) is 0 Å². The summed E-state index contributed by atoms with van der Waals surface area (Å²) in [7, 11) is -4.60. The van der Waals surface area contributed by atoms with Crippen molar-refractivity contribution in [2.75, 3.05) is 19.0 Å². The highest BCUT2D eigenvalue weighted by molar-refractivity contribution is 7.85. The lowest BCUT2D eigenvalue weighted by molar-refractivity contribution is -0.297. The second kappa shape index (κ2) is 34.9. The fourth-order valence-electron chi connectivity index (χ4n) is 6.72. The maximum atomic E-state index is 12.8. The third-order valence-electron chi connectivity index (χ3n) is 10.3. The highest BCUT2D eigenvalue weighted by Crippen LogP contribution is 2.24. The van der Waals surface area contributed by atoms with Gasteiger partial charge in [-0.05, 0) is 64.2 Å². The maximum absolute atomic E-state index is 12.8. The summed E-state index contributed by atoms with van der Waals surface area (Å²) in [6.45, 7) is 3.72. The zero-order valence-electron chi connectivity index (χ0n) is 35.4. The van der Waals surface area contributed by atoms with Crippen LogP contribution >= 0.6 is 0 Å². The molecule has 1 fully saturated rings. The van der Waals surface area contributed by atoms with E-state index in [1.54, 1.807) is 0 Å². The van der Waals surface area contributed by atoms with Crippen molar-refractivity contribution in [2.45, 2.75) is 224 Å². The van der Waals surface area contributed by atoms with Crippen LogP contribution in [0.3, 0.4) is 0 Å². The van der Waals surface area contributed by atoms with Gasteiger partial charge in [-0.15, -0.1) is 0 Å². The molecule has 6 atom stereocenters. The molecule has 0 aromatic carbocycles. The van der Waals surface area contributed by atoms with Crippen LogP contribution in [-0.4, -0.2) is 96.0 Å². The van der Waals surface area contributed by atoms with Crippen LogP contribution in [-0.2, 0) is 38.7 Å². The molecule has 13 heteroatoms. The average Bonchev–Trinajstić information content (AvgIpc) is 3.17. The molecule has 0 aromatic rings. The summed E-state index contributed by atoms with van der Waals surface area (Å²) in [6.07, 6.45) is 28.0. The number of aliphatic hydroxyl groups is 3. The molecule has 12 nitrogen and oxygen atoms in total. The van der Waals surface area contributed by atoms with Gasteiger partial charge in [0.1, 0.15) is 36.8 Å². The van der Waals surface area contributed by atoms with Gasteiger partial charge in [0.25, 0.3) is 10.1 Å². The molecule has 1 rings (SSSR count). The highest BCUT2D eigenvalue weighted by Gasteiger charge is 2.46. The summed E-state index contributed by atoms with van der Waals surface area (Å²) in [5, 5.41) is 30.8. The van der Waals surface area contributed by atoms with Crippen molar-refractivity contribution in [3.8, 4) is 0 Å². The van der Waals surface area contributed by atoms with Gasteiger partial charge < -0.3 is 34.3 Å². The van der Waals surface area contributed by atoms with Crippen LogP contribution in [0.15, 0.2) is 24.3 Å². The first-order valence-electron chi connectivity index (χ1n) is 22.4. The largest absolute Gasteiger partial charge is 0.462 e. The molecular formula is C44H80O12S. The van der Waals surface area contributed by atoms with Gasteiger partial charge in [-0.1, -0.05) is 134 Å². The molecule has 2 unspecified atom stereocenters. The molecule has 0 spiro atoms. The SMILES string of the molecule is CCCCCCC/C=C/CCCCCCCC(=O)O[C@H](COC(=O)CCCC/C=C/CCCCCCCCCCC)CO[C@H]1O[C@H](CS(=O)(=O)O)[C@@H](O)C(O)C1O. The normalized spacial score (nSPS) is 20.7. The van der Waals surface area contributed by atoms with E-state index in [1.807, 2.05) is 0 Å². The Labute approximate surface area is 345 Å². The van der Waals surface area contributed by atoms with Gasteiger partial charge in [0.05, 0.1) is 6.61 Å². The first-order valence-corrected chi connectivity index (χ1v) is 24.0. The number of esters is 2. The molecule has 1 saturated heterocycles. The Morgan fingerprint density at radius 3 is 1.49 bits per heavy atom. The smallest absolute Gasteiger partial charge is 0.306 e. The zero-order chi connectivity index (χ0) is 42.0. The van der Waals surface area contributed by atoms with E-state index in [0.717, 1.165) is 57.8 Å². The maximum Gasteiger partial charge on any atom is 0.306 e. The van der Waals surface area contributed by atoms with Crippen molar-refractivity contribution >= 4 is 22.1 Å². The van der Waals surface area contributed by atoms with E-state index in [9.17, 15) is 37.9 Å². The van der Waals surface area contributed by atoms with Crippen molar-refractivity contribution in [1.82, 2.24) is 0 Å². The van der Waals surface area contributed by atoms with Crippen LogP contribution in [0.2, 0.25) is 0 Å². The van der Waals surface area contributed by atoms with E-state index < -0.39 is 71.2 Å². The monoisotopic (exact) mass is 833 g/mol. The van der Waals surface area contributed by atoms with E-state index in [4.69, 9.17) is 18.9 Å². The molecule has 1 aliphatic rings. The van der Waals surface area contributed by atoms with Crippen molar-refractivity contribution in [2.24, 2.45) is 0 Å². The topological polar surface area (TPSA) is 186 Å². The molecule has 0 amide bonds. The van der Waals surface area contributed by atoms with Gasteiger partial charge >= 0.3 is 11.9 Å². The van der Waals surface area contributed by atoms with Crippen LogP contribution in [0.1, 0.15) is 187 Å². The van der Waals surface area contributed by atoms with Gasteiger partial charge in [-0.25, -0.2) is 0 Å². The summed E-state index contributed by atoms with van der Waals surface area (Å²) in [5.74, 6) is -2.02. The number of aliphatic hydroxyl groups excluding tert-OH is 3. The molecule has 0 saturated carbocycles. The number of carbonyl (C=O) groups excluding carboxylic acids is 2. The number of allylic oxidation sites excluding steroid dienone is 4. The van der Waals surface area contributed by atoms with Crippen LogP contribution < -0.4 is 0 Å². The molecule has 0 bridgehead atoms. The van der Waals surface area contributed by atoms with Gasteiger partial charge in [-0.2, -0.15) is 8.42 Å². The lowest BCUT2D eigenvalue weighted by atomic mass is 10.00. The number of hydrogen-bond donors (Lipinski definition) is 4. The number of ether oxygens (including phenoxy) is 4. The molecule has 4 N–H and O–H groups in total. The molecule has 0 radical (unpaired) electrons. The summed E-state index contributed by atoms with van der Waals surface area (Å²) in [4.78, 5) is 25.4. The Kier molecular flexibility index (Phi) is 32.6. The Bertz CT molecular complexity index is 1160. The Morgan fingerprint density at radius 1 is 0.579 bits per heavy atom. The number of unbranched alkanes of at least 4 members (excludes halogenated alkanes) is 21. The van der Waals surface area contributed by atoms with Gasteiger partial charge in [-0.3, -0.25) is 14.1 Å². The number of rotatable bonds is 37. The summed E-state index contributed by atoms with van der Waals surface area (Å²) >= 11 is 0. The zero-order valence-corrected chi connectivity index (χ0v) is 36.3. The minimum Gasteiger partial charge on any atom is -0.462 e.